The third-order valence-electron chi connectivity index (χ3n) is 1.78. The van der Waals surface area contributed by atoms with Crippen LogP contribution in [0, 0.1) is 0 Å². The molecule has 0 amide bonds. The molecule has 0 unspecified atom stereocenters. The van der Waals surface area contributed by atoms with E-state index < -0.39 is 5.60 Å². The first-order chi connectivity index (χ1) is 4.12. The Bertz CT molecular complexity index is 128. The summed E-state index contributed by atoms with van der Waals surface area (Å²) >= 11 is 0. The maximum Gasteiger partial charge on any atom is 0.0830 e. The molecule has 0 aliphatic heterocycles. The molecule has 0 saturated heterocycles. The van der Waals surface area contributed by atoms with Crippen LogP contribution in [0.5, 0.6) is 0 Å². The van der Waals surface area contributed by atoms with Crippen LogP contribution in [-0.4, -0.2) is 10.7 Å². The van der Waals surface area contributed by atoms with Gasteiger partial charge in [0.25, 0.3) is 0 Å². The van der Waals surface area contributed by atoms with Crippen molar-refractivity contribution < 1.29 is 5.11 Å². The van der Waals surface area contributed by atoms with Crippen LogP contribution in [0.2, 0.25) is 0 Å². The van der Waals surface area contributed by atoms with Crippen LogP contribution in [0.4, 0.5) is 0 Å². The summed E-state index contributed by atoms with van der Waals surface area (Å²) in [6, 6.07) is 0. The Morgan fingerprint density at radius 2 is 2.00 bits per heavy atom. The Balaban J connectivity index is 2.51. The summed E-state index contributed by atoms with van der Waals surface area (Å²) in [5.41, 5.74) is 0.802. The highest BCUT2D eigenvalue weighted by Gasteiger charge is 2.31. The fraction of sp³-hybridized carbons (Fsp3) is 0.750. The first-order valence-electron chi connectivity index (χ1n) is 3.51. The van der Waals surface area contributed by atoms with Crippen LogP contribution in [0.15, 0.2) is 11.6 Å². The van der Waals surface area contributed by atoms with Gasteiger partial charge in [-0.3, -0.25) is 0 Å². The lowest BCUT2D eigenvalue weighted by molar-refractivity contribution is 0.0135. The number of hydrogen-bond acceptors (Lipinski definition) is 1. The molecule has 0 heterocycles. The molecular formula is C8H14O. The average Bonchev–Trinajstić information content (AvgIpc) is 1.60. The molecule has 1 rings (SSSR count). The van der Waals surface area contributed by atoms with Crippen LogP contribution >= 0.6 is 0 Å². The van der Waals surface area contributed by atoms with E-state index in [2.05, 4.69) is 0 Å². The Morgan fingerprint density at radius 1 is 1.44 bits per heavy atom. The molecule has 1 saturated carbocycles. The van der Waals surface area contributed by atoms with Crippen LogP contribution < -0.4 is 0 Å². The second kappa shape index (κ2) is 2.14. The average molecular weight is 126 g/mol. The van der Waals surface area contributed by atoms with E-state index in [-0.39, 0.29) is 0 Å². The Kier molecular flexibility index (Phi) is 1.62. The zero-order valence-electron chi connectivity index (χ0n) is 6.15. The standard InChI is InChI=1S/C8H14O/c1-7(2)6-8(9)4-3-5-8/h6,9H,3-5H2,1-2H3. The SMILES string of the molecule is CC(C)=CC1(O)CCC1. The second-order valence-electron chi connectivity index (χ2n) is 3.18. The Hall–Kier alpha value is -0.300. The molecule has 1 aliphatic rings. The van der Waals surface area contributed by atoms with Gasteiger partial charge in [-0.2, -0.15) is 0 Å². The predicted molar refractivity (Wildman–Crippen MR) is 38.2 cm³/mol. The van der Waals surface area contributed by atoms with Crippen LogP contribution in [0.3, 0.4) is 0 Å². The summed E-state index contributed by atoms with van der Waals surface area (Å²) in [7, 11) is 0. The van der Waals surface area contributed by atoms with Gasteiger partial charge in [-0.1, -0.05) is 11.6 Å². The van der Waals surface area contributed by atoms with Crippen LogP contribution in [0.25, 0.3) is 0 Å². The maximum atomic E-state index is 9.50. The van der Waals surface area contributed by atoms with E-state index in [1.54, 1.807) is 0 Å². The third kappa shape index (κ3) is 1.55. The summed E-state index contributed by atoms with van der Waals surface area (Å²) in [5, 5.41) is 9.50. The monoisotopic (exact) mass is 126 g/mol. The molecule has 0 aromatic carbocycles. The van der Waals surface area contributed by atoms with Crippen molar-refractivity contribution in [2.24, 2.45) is 0 Å². The fourth-order valence-corrected chi connectivity index (χ4v) is 1.22. The second-order valence-corrected chi connectivity index (χ2v) is 3.18. The van der Waals surface area contributed by atoms with E-state index in [0.717, 1.165) is 12.8 Å². The number of hydrogen-bond donors (Lipinski definition) is 1. The largest absolute Gasteiger partial charge is 0.386 e. The van der Waals surface area contributed by atoms with Crippen LogP contribution in [0.1, 0.15) is 33.1 Å². The topological polar surface area (TPSA) is 20.2 Å². The first-order valence-corrected chi connectivity index (χ1v) is 3.51. The van der Waals surface area contributed by atoms with Crippen LogP contribution in [-0.2, 0) is 0 Å². The number of rotatable bonds is 1. The molecule has 1 heteroatoms. The minimum Gasteiger partial charge on any atom is -0.386 e. The lowest BCUT2D eigenvalue weighted by atomic mass is 9.79. The minimum atomic E-state index is -0.418. The zero-order valence-corrected chi connectivity index (χ0v) is 6.15. The number of aliphatic hydroxyl groups is 1. The zero-order chi connectivity index (χ0) is 6.91. The van der Waals surface area contributed by atoms with Crippen molar-refractivity contribution in [2.45, 2.75) is 38.7 Å². The highest BCUT2D eigenvalue weighted by molar-refractivity contribution is 5.10. The molecule has 0 spiro atoms. The first kappa shape index (κ1) is 6.81. The summed E-state index contributed by atoms with van der Waals surface area (Å²) in [6.07, 6.45) is 5.06. The van der Waals surface area contributed by atoms with Gasteiger partial charge < -0.3 is 5.11 Å². The molecular weight excluding hydrogens is 112 g/mol. The van der Waals surface area contributed by atoms with E-state index in [0.29, 0.717) is 0 Å². The molecule has 9 heavy (non-hydrogen) atoms. The summed E-state index contributed by atoms with van der Waals surface area (Å²) in [6.45, 7) is 4.05. The van der Waals surface area contributed by atoms with Crippen molar-refractivity contribution in [3.8, 4) is 0 Å². The highest BCUT2D eigenvalue weighted by Crippen LogP contribution is 2.33. The summed E-state index contributed by atoms with van der Waals surface area (Å²) in [5.74, 6) is 0. The van der Waals surface area contributed by atoms with Gasteiger partial charge in [0.1, 0.15) is 0 Å². The third-order valence-corrected chi connectivity index (χ3v) is 1.78. The molecule has 0 radical (unpaired) electrons. The molecule has 0 aromatic rings. The molecule has 0 bridgehead atoms. The van der Waals surface area contributed by atoms with Crippen molar-refractivity contribution in [3.05, 3.63) is 11.6 Å². The van der Waals surface area contributed by atoms with Gasteiger partial charge >= 0.3 is 0 Å². The van der Waals surface area contributed by atoms with E-state index in [1.807, 2.05) is 19.9 Å². The van der Waals surface area contributed by atoms with Gasteiger partial charge in [0.2, 0.25) is 0 Å². The smallest absolute Gasteiger partial charge is 0.0830 e. The Morgan fingerprint density at radius 3 is 2.11 bits per heavy atom. The molecule has 1 aliphatic carbocycles. The number of allylic oxidation sites excluding steroid dienone is 1. The summed E-state index contributed by atoms with van der Waals surface area (Å²) < 4.78 is 0. The highest BCUT2D eigenvalue weighted by atomic mass is 16.3. The van der Waals surface area contributed by atoms with Crippen molar-refractivity contribution in [2.75, 3.05) is 0 Å². The fourth-order valence-electron chi connectivity index (χ4n) is 1.22. The van der Waals surface area contributed by atoms with Gasteiger partial charge in [-0.25, -0.2) is 0 Å². The normalized spacial score (nSPS) is 22.6. The van der Waals surface area contributed by atoms with E-state index >= 15 is 0 Å². The van der Waals surface area contributed by atoms with Gasteiger partial charge in [0.15, 0.2) is 0 Å². The van der Waals surface area contributed by atoms with Gasteiger partial charge in [0.05, 0.1) is 5.60 Å². The molecule has 1 nitrogen and oxygen atoms in total. The molecule has 52 valence electrons. The van der Waals surface area contributed by atoms with Gasteiger partial charge in [-0.15, -0.1) is 0 Å². The van der Waals surface area contributed by atoms with Crippen molar-refractivity contribution in [1.82, 2.24) is 0 Å². The minimum absolute atomic E-state index is 0.418. The van der Waals surface area contributed by atoms with Gasteiger partial charge in [0, 0.05) is 0 Å². The van der Waals surface area contributed by atoms with Crippen molar-refractivity contribution in [3.63, 3.8) is 0 Å². The Labute approximate surface area is 56.4 Å². The lowest BCUT2D eigenvalue weighted by Crippen LogP contribution is -2.34. The van der Waals surface area contributed by atoms with Crippen molar-refractivity contribution >= 4 is 0 Å². The molecule has 0 atom stereocenters. The van der Waals surface area contributed by atoms with E-state index in [4.69, 9.17) is 0 Å². The molecule has 1 fully saturated rings. The van der Waals surface area contributed by atoms with Gasteiger partial charge in [-0.05, 0) is 33.1 Å². The summed E-state index contributed by atoms with van der Waals surface area (Å²) in [4.78, 5) is 0. The quantitative estimate of drug-likeness (QED) is 0.532. The lowest BCUT2D eigenvalue weighted by Gasteiger charge is -2.33. The van der Waals surface area contributed by atoms with E-state index in [1.165, 1.54) is 12.0 Å². The van der Waals surface area contributed by atoms with Crippen molar-refractivity contribution in [1.29, 1.82) is 0 Å². The predicted octanol–water partition coefficient (Wildman–Crippen LogP) is 1.87. The maximum absolute atomic E-state index is 9.50. The van der Waals surface area contributed by atoms with E-state index in [9.17, 15) is 5.11 Å². The molecule has 1 N–H and O–H groups in total. The molecule has 0 aromatic heterocycles.